The van der Waals surface area contributed by atoms with E-state index in [9.17, 15) is 0 Å². The Morgan fingerprint density at radius 1 is 1.43 bits per heavy atom. The minimum absolute atomic E-state index is 0.481. The van der Waals surface area contributed by atoms with Gasteiger partial charge in [-0.15, -0.1) is 11.8 Å². The van der Waals surface area contributed by atoms with Crippen LogP contribution in [0.4, 0.5) is 0 Å². The smallest absolute Gasteiger partial charge is 0.00747 e. The molecule has 0 aliphatic heterocycles. The summed E-state index contributed by atoms with van der Waals surface area (Å²) in [5.74, 6) is 1.19. The van der Waals surface area contributed by atoms with Crippen LogP contribution in [0.25, 0.3) is 0 Å². The number of nitrogens with two attached hydrogens (primary N) is 1. The van der Waals surface area contributed by atoms with Crippen LogP contribution >= 0.6 is 11.8 Å². The SMILES string of the molecule is Cc1cccc(SCC2(CN)CC2)c1. The first-order valence-electron chi connectivity index (χ1n) is 5.14. The molecule has 0 heterocycles. The summed E-state index contributed by atoms with van der Waals surface area (Å²) < 4.78 is 0. The van der Waals surface area contributed by atoms with E-state index in [4.69, 9.17) is 5.73 Å². The first-order valence-corrected chi connectivity index (χ1v) is 6.12. The number of hydrogen-bond donors (Lipinski definition) is 1. The van der Waals surface area contributed by atoms with Gasteiger partial charge in [-0.2, -0.15) is 0 Å². The Hall–Kier alpha value is -0.470. The van der Waals surface area contributed by atoms with Crippen LogP contribution in [0.15, 0.2) is 29.2 Å². The molecule has 1 aromatic carbocycles. The van der Waals surface area contributed by atoms with Gasteiger partial charge >= 0.3 is 0 Å². The van der Waals surface area contributed by atoms with Crippen molar-refractivity contribution in [1.82, 2.24) is 0 Å². The van der Waals surface area contributed by atoms with E-state index in [-0.39, 0.29) is 0 Å². The van der Waals surface area contributed by atoms with Gasteiger partial charge in [0.15, 0.2) is 0 Å². The maximum absolute atomic E-state index is 5.75. The molecule has 14 heavy (non-hydrogen) atoms. The van der Waals surface area contributed by atoms with Crippen LogP contribution in [0.2, 0.25) is 0 Å². The molecular weight excluding hydrogens is 190 g/mol. The minimum Gasteiger partial charge on any atom is -0.330 e. The molecule has 0 bridgehead atoms. The van der Waals surface area contributed by atoms with Crippen molar-refractivity contribution in [3.63, 3.8) is 0 Å². The van der Waals surface area contributed by atoms with Crippen LogP contribution in [0, 0.1) is 12.3 Å². The highest BCUT2D eigenvalue weighted by molar-refractivity contribution is 7.99. The maximum atomic E-state index is 5.75. The largest absolute Gasteiger partial charge is 0.330 e. The summed E-state index contributed by atoms with van der Waals surface area (Å²) in [5, 5.41) is 0. The fourth-order valence-electron chi connectivity index (χ4n) is 1.53. The van der Waals surface area contributed by atoms with Crippen molar-refractivity contribution >= 4 is 11.8 Å². The average Bonchev–Trinajstić information content (AvgIpc) is 2.96. The van der Waals surface area contributed by atoms with Crippen LogP contribution < -0.4 is 5.73 Å². The molecule has 2 N–H and O–H groups in total. The predicted octanol–water partition coefficient (Wildman–Crippen LogP) is 2.83. The summed E-state index contributed by atoms with van der Waals surface area (Å²) in [6.07, 6.45) is 2.64. The van der Waals surface area contributed by atoms with Crippen LogP contribution in [-0.2, 0) is 0 Å². The standard InChI is InChI=1S/C12H17NS/c1-10-3-2-4-11(7-10)14-9-12(8-13)5-6-12/h2-4,7H,5-6,8-9,13H2,1H3. The van der Waals surface area contributed by atoms with Crippen LogP contribution in [0.1, 0.15) is 18.4 Å². The van der Waals surface area contributed by atoms with Gasteiger partial charge in [0.1, 0.15) is 0 Å². The lowest BCUT2D eigenvalue weighted by atomic mass is 10.1. The number of hydrogen-bond acceptors (Lipinski definition) is 2. The first-order chi connectivity index (χ1) is 6.74. The number of rotatable bonds is 4. The first kappa shape index (κ1) is 10.1. The van der Waals surface area contributed by atoms with Crippen LogP contribution in [0.5, 0.6) is 0 Å². The molecule has 1 nitrogen and oxygen atoms in total. The Morgan fingerprint density at radius 2 is 2.21 bits per heavy atom. The van der Waals surface area contributed by atoms with Crippen molar-refractivity contribution in [2.24, 2.45) is 11.1 Å². The van der Waals surface area contributed by atoms with Gasteiger partial charge in [-0.1, -0.05) is 17.7 Å². The van der Waals surface area contributed by atoms with Gasteiger partial charge in [0.05, 0.1) is 0 Å². The fourth-order valence-corrected chi connectivity index (χ4v) is 2.85. The van der Waals surface area contributed by atoms with Gasteiger partial charge < -0.3 is 5.73 Å². The lowest BCUT2D eigenvalue weighted by Crippen LogP contribution is -2.17. The molecule has 0 saturated heterocycles. The van der Waals surface area contributed by atoms with Crippen molar-refractivity contribution in [2.75, 3.05) is 12.3 Å². The summed E-state index contributed by atoms with van der Waals surface area (Å²) in [7, 11) is 0. The van der Waals surface area contributed by atoms with Crippen LogP contribution in [-0.4, -0.2) is 12.3 Å². The Kier molecular flexibility index (Phi) is 2.84. The quantitative estimate of drug-likeness (QED) is 0.768. The van der Waals surface area contributed by atoms with Gasteiger partial charge in [-0.25, -0.2) is 0 Å². The molecule has 1 aliphatic rings. The summed E-state index contributed by atoms with van der Waals surface area (Å²) in [6, 6.07) is 8.70. The Bertz CT molecular complexity index is 318. The van der Waals surface area contributed by atoms with E-state index in [1.807, 2.05) is 11.8 Å². The summed E-state index contributed by atoms with van der Waals surface area (Å²) in [4.78, 5) is 1.38. The Balaban J connectivity index is 1.92. The van der Waals surface area contributed by atoms with E-state index < -0.39 is 0 Å². The van der Waals surface area contributed by atoms with E-state index in [1.54, 1.807) is 0 Å². The topological polar surface area (TPSA) is 26.0 Å². The number of benzene rings is 1. The molecule has 1 aliphatic carbocycles. The minimum atomic E-state index is 0.481. The van der Waals surface area contributed by atoms with Crippen molar-refractivity contribution in [1.29, 1.82) is 0 Å². The molecule has 1 fully saturated rings. The average molecular weight is 207 g/mol. The third-order valence-electron chi connectivity index (χ3n) is 2.92. The maximum Gasteiger partial charge on any atom is 0.00747 e. The van der Waals surface area contributed by atoms with Crippen molar-refractivity contribution in [3.8, 4) is 0 Å². The zero-order valence-corrected chi connectivity index (χ0v) is 9.44. The molecule has 0 unspecified atom stereocenters. The molecule has 0 aromatic heterocycles. The van der Waals surface area contributed by atoms with Gasteiger partial charge in [-0.05, 0) is 43.9 Å². The lowest BCUT2D eigenvalue weighted by Gasteiger charge is -2.11. The lowest BCUT2D eigenvalue weighted by molar-refractivity contribution is 0.600. The van der Waals surface area contributed by atoms with Crippen LogP contribution in [0.3, 0.4) is 0 Å². The van der Waals surface area contributed by atoms with E-state index in [2.05, 4.69) is 31.2 Å². The number of thioether (sulfide) groups is 1. The number of aryl methyl sites for hydroxylation is 1. The monoisotopic (exact) mass is 207 g/mol. The summed E-state index contributed by atoms with van der Waals surface area (Å²) in [6.45, 7) is 2.99. The fraction of sp³-hybridized carbons (Fsp3) is 0.500. The highest BCUT2D eigenvalue weighted by atomic mass is 32.2. The van der Waals surface area contributed by atoms with Crippen molar-refractivity contribution in [3.05, 3.63) is 29.8 Å². The molecule has 1 saturated carbocycles. The van der Waals surface area contributed by atoms with E-state index in [0.717, 1.165) is 6.54 Å². The molecule has 2 heteroatoms. The Morgan fingerprint density at radius 3 is 2.79 bits per heavy atom. The van der Waals surface area contributed by atoms with Crippen molar-refractivity contribution in [2.45, 2.75) is 24.7 Å². The Labute approximate surface area is 90.1 Å². The van der Waals surface area contributed by atoms with Gasteiger partial charge in [-0.3, -0.25) is 0 Å². The molecule has 1 aromatic rings. The second-order valence-electron chi connectivity index (χ2n) is 4.31. The molecular formula is C12H17NS. The normalized spacial score (nSPS) is 18.1. The molecule has 0 amide bonds. The molecule has 0 radical (unpaired) electrons. The van der Waals surface area contributed by atoms with Gasteiger partial charge in [0.2, 0.25) is 0 Å². The summed E-state index contributed by atoms with van der Waals surface area (Å²) in [5.41, 5.74) is 7.57. The van der Waals surface area contributed by atoms with E-state index >= 15 is 0 Å². The third-order valence-corrected chi connectivity index (χ3v) is 4.27. The second kappa shape index (κ2) is 3.95. The highest BCUT2D eigenvalue weighted by Crippen LogP contribution is 2.48. The molecule has 76 valence electrons. The molecule has 0 spiro atoms. The van der Waals surface area contributed by atoms with Gasteiger partial charge in [0, 0.05) is 10.6 Å². The highest BCUT2D eigenvalue weighted by Gasteiger charge is 2.40. The third kappa shape index (κ3) is 2.31. The zero-order chi connectivity index (χ0) is 10.0. The molecule has 2 rings (SSSR count). The second-order valence-corrected chi connectivity index (χ2v) is 5.36. The zero-order valence-electron chi connectivity index (χ0n) is 8.62. The van der Waals surface area contributed by atoms with Crippen molar-refractivity contribution < 1.29 is 0 Å². The van der Waals surface area contributed by atoms with E-state index in [0.29, 0.717) is 5.41 Å². The van der Waals surface area contributed by atoms with E-state index in [1.165, 1.54) is 29.1 Å². The predicted molar refractivity (Wildman–Crippen MR) is 62.6 cm³/mol. The molecule has 0 atom stereocenters. The summed E-state index contributed by atoms with van der Waals surface area (Å²) >= 11 is 1.95. The van der Waals surface area contributed by atoms with Gasteiger partial charge in [0.25, 0.3) is 0 Å².